The van der Waals surface area contributed by atoms with E-state index in [-0.39, 0.29) is 24.0 Å². The van der Waals surface area contributed by atoms with Gasteiger partial charge in [0.25, 0.3) is 11.6 Å². The fourth-order valence-electron chi connectivity index (χ4n) is 3.09. The Morgan fingerprint density at radius 3 is 2.72 bits per heavy atom. The summed E-state index contributed by atoms with van der Waals surface area (Å²) in [6, 6.07) is 6.52. The van der Waals surface area contributed by atoms with Gasteiger partial charge in [-0.15, -0.1) is 23.7 Å². The fraction of sp³-hybridized carbons (Fsp3) is 0.471. The highest BCUT2D eigenvalue weighted by Crippen LogP contribution is 2.30. The summed E-state index contributed by atoms with van der Waals surface area (Å²) in [6.45, 7) is 5.66. The molecule has 0 saturated carbocycles. The number of non-ortho nitro benzene ring substituents is 1. The van der Waals surface area contributed by atoms with Crippen LogP contribution in [-0.4, -0.2) is 41.9 Å². The maximum Gasteiger partial charge on any atom is 0.270 e. The minimum atomic E-state index is -0.409. The van der Waals surface area contributed by atoms with Crippen LogP contribution in [0.3, 0.4) is 0 Å². The molecule has 0 atom stereocenters. The second kappa shape index (κ2) is 8.60. The standard InChI is InChI=1S/C17H21N3O3S.ClH/c1-2-18-11-12-5-7-19(8-6-12)17(21)16-10-13-9-14(20(22)23)3-4-15(13)24-16;/h3-4,9-10,12,18H,2,5-8,11H2,1H3;1H. The number of fused-ring (bicyclic) bond motifs is 1. The molecule has 0 unspecified atom stereocenters. The summed E-state index contributed by atoms with van der Waals surface area (Å²) in [5.41, 5.74) is 0.0588. The number of amides is 1. The Hall–Kier alpha value is -1.70. The normalized spacial score (nSPS) is 15.2. The molecule has 136 valence electrons. The molecule has 1 aliphatic rings. The topological polar surface area (TPSA) is 75.5 Å². The molecule has 3 rings (SSSR count). The summed E-state index contributed by atoms with van der Waals surface area (Å²) in [5.74, 6) is 0.680. The van der Waals surface area contributed by atoms with Gasteiger partial charge in [-0.1, -0.05) is 6.92 Å². The second-order valence-electron chi connectivity index (χ2n) is 6.13. The largest absolute Gasteiger partial charge is 0.338 e. The monoisotopic (exact) mass is 383 g/mol. The van der Waals surface area contributed by atoms with E-state index in [1.807, 2.05) is 4.90 Å². The van der Waals surface area contributed by atoms with E-state index in [1.54, 1.807) is 12.1 Å². The number of thiophene rings is 1. The summed E-state index contributed by atoms with van der Waals surface area (Å²) >= 11 is 1.41. The third kappa shape index (κ3) is 4.48. The van der Waals surface area contributed by atoms with Gasteiger partial charge in [0.15, 0.2) is 0 Å². The van der Waals surface area contributed by atoms with E-state index in [9.17, 15) is 14.9 Å². The summed E-state index contributed by atoms with van der Waals surface area (Å²) in [5, 5.41) is 15.0. The van der Waals surface area contributed by atoms with E-state index in [0.29, 0.717) is 10.8 Å². The van der Waals surface area contributed by atoms with Crippen molar-refractivity contribution in [2.24, 2.45) is 5.92 Å². The number of nitro benzene ring substituents is 1. The Morgan fingerprint density at radius 1 is 1.36 bits per heavy atom. The molecule has 0 radical (unpaired) electrons. The minimum Gasteiger partial charge on any atom is -0.338 e. The summed E-state index contributed by atoms with van der Waals surface area (Å²) in [6.07, 6.45) is 2.05. The molecule has 1 N–H and O–H groups in total. The van der Waals surface area contributed by atoms with E-state index in [2.05, 4.69) is 12.2 Å². The van der Waals surface area contributed by atoms with Gasteiger partial charge in [-0.3, -0.25) is 14.9 Å². The van der Waals surface area contributed by atoms with Crippen molar-refractivity contribution in [1.82, 2.24) is 10.2 Å². The Balaban J connectivity index is 0.00000225. The number of carbonyl (C=O) groups is 1. The van der Waals surface area contributed by atoms with E-state index in [4.69, 9.17) is 0 Å². The third-order valence-corrected chi connectivity index (χ3v) is 5.61. The minimum absolute atomic E-state index is 0. The molecule has 25 heavy (non-hydrogen) atoms. The number of hydrogen-bond acceptors (Lipinski definition) is 5. The molecule has 2 heterocycles. The molecule has 2 aromatic rings. The molecule has 1 amide bonds. The van der Waals surface area contributed by atoms with Crippen LogP contribution >= 0.6 is 23.7 Å². The zero-order valence-electron chi connectivity index (χ0n) is 14.1. The number of nitrogens with zero attached hydrogens (tertiary/aromatic N) is 2. The molecular formula is C17H22ClN3O3S. The van der Waals surface area contributed by atoms with Crippen LogP contribution in [0, 0.1) is 16.0 Å². The predicted molar refractivity (Wildman–Crippen MR) is 103 cm³/mol. The van der Waals surface area contributed by atoms with Crippen molar-refractivity contribution in [3.63, 3.8) is 0 Å². The van der Waals surface area contributed by atoms with Crippen molar-refractivity contribution in [3.05, 3.63) is 39.3 Å². The first-order valence-electron chi connectivity index (χ1n) is 8.26. The Morgan fingerprint density at radius 2 is 2.08 bits per heavy atom. The predicted octanol–water partition coefficient (Wildman–Crippen LogP) is 3.69. The molecule has 1 aromatic heterocycles. The number of piperidine rings is 1. The highest BCUT2D eigenvalue weighted by Gasteiger charge is 2.24. The maximum absolute atomic E-state index is 12.7. The number of nitro groups is 1. The van der Waals surface area contributed by atoms with E-state index >= 15 is 0 Å². The van der Waals surface area contributed by atoms with Gasteiger partial charge in [0.05, 0.1) is 9.80 Å². The lowest BCUT2D eigenvalue weighted by atomic mass is 9.96. The number of hydrogen-bond donors (Lipinski definition) is 1. The number of halogens is 1. The molecule has 1 saturated heterocycles. The van der Waals surface area contributed by atoms with Gasteiger partial charge in [-0.25, -0.2) is 0 Å². The van der Waals surface area contributed by atoms with E-state index < -0.39 is 4.92 Å². The average molecular weight is 384 g/mol. The number of carbonyl (C=O) groups excluding carboxylic acids is 1. The van der Waals surface area contributed by atoms with Crippen LogP contribution in [0.2, 0.25) is 0 Å². The molecule has 0 aliphatic carbocycles. The first-order chi connectivity index (χ1) is 11.6. The fourth-order valence-corrected chi connectivity index (χ4v) is 4.11. The van der Waals surface area contributed by atoms with Crippen LogP contribution < -0.4 is 5.32 Å². The van der Waals surface area contributed by atoms with Crippen LogP contribution in [-0.2, 0) is 0 Å². The number of rotatable bonds is 5. The molecule has 1 fully saturated rings. The van der Waals surface area contributed by atoms with Crippen LogP contribution in [0.1, 0.15) is 29.4 Å². The number of benzene rings is 1. The maximum atomic E-state index is 12.7. The lowest BCUT2D eigenvalue weighted by molar-refractivity contribution is -0.384. The lowest BCUT2D eigenvalue weighted by Crippen LogP contribution is -2.40. The van der Waals surface area contributed by atoms with Gasteiger partial charge in [-0.2, -0.15) is 0 Å². The zero-order chi connectivity index (χ0) is 17.1. The van der Waals surface area contributed by atoms with E-state index in [1.165, 1.54) is 23.5 Å². The quantitative estimate of drug-likeness (QED) is 0.631. The highest BCUT2D eigenvalue weighted by atomic mass is 35.5. The van der Waals surface area contributed by atoms with Crippen LogP contribution in [0.25, 0.3) is 10.1 Å². The second-order valence-corrected chi connectivity index (χ2v) is 7.22. The van der Waals surface area contributed by atoms with Gasteiger partial charge in [-0.05, 0) is 44.0 Å². The van der Waals surface area contributed by atoms with Crippen LogP contribution in [0.15, 0.2) is 24.3 Å². The van der Waals surface area contributed by atoms with Crippen molar-refractivity contribution in [1.29, 1.82) is 0 Å². The van der Waals surface area contributed by atoms with Crippen LogP contribution in [0.5, 0.6) is 0 Å². The van der Waals surface area contributed by atoms with Crippen molar-refractivity contribution in [2.75, 3.05) is 26.2 Å². The molecule has 1 aliphatic heterocycles. The zero-order valence-corrected chi connectivity index (χ0v) is 15.7. The Labute approximate surface area is 156 Å². The lowest BCUT2D eigenvalue weighted by Gasteiger charge is -2.31. The molecule has 0 spiro atoms. The molecule has 0 bridgehead atoms. The summed E-state index contributed by atoms with van der Waals surface area (Å²) < 4.78 is 0.908. The number of nitrogens with one attached hydrogen (secondary N) is 1. The van der Waals surface area contributed by atoms with E-state index in [0.717, 1.165) is 49.1 Å². The average Bonchev–Trinajstić information content (AvgIpc) is 3.02. The van der Waals surface area contributed by atoms with Gasteiger partial charge >= 0.3 is 0 Å². The van der Waals surface area contributed by atoms with Gasteiger partial charge in [0.1, 0.15) is 0 Å². The number of likely N-dealkylation sites (tertiary alicyclic amines) is 1. The molecule has 1 aromatic carbocycles. The first kappa shape index (κ1) is 19.6. The molecular weight excluding hydrogens is 362 g/mol. The van der Waals surface area contributed by atoms with Crippen LogP contribution in [0.4, 0.5) is 5.69 Å². The van der Waals surface area contributed by atoms with Crippen molar-refractivity contribution >= 4 is 45.4 Å². The van der Waals surface area contributed by atoms with Gasteiger partial charge in [0, 0.05) is 35.3 Å². The summed E-state index contributed by atoms with van der Waals surface area (Å²) in [4.78, 5) is 25.7. The SMILES string of the molecule is CCNCC1CCN(C(=O)c2cc3cc([N+](=O)[O-])ccc3s2)CC1.Cl. The van der Waals surface area contributed by atoms with Crippen molar-refractivity contribution < 1.29 is 9.72 Å². The Bertz CT molecular complexity index is 757. The molecule has 6 nitrogen and oxygen atoms in total. The van der Waals surface area contributed by atoms with Crippen molar-refractivity contribution in [3.8, 4) is 0 Å². The first-order valence-corrected chi connectivity index (χ1v) is 9.08. The highest BCUT2D eigenvalue weighted by molar-refractivity contribution is 7.20. The van der Waals surface area contributed by atoms with Gasteiger partial charge in [0.2, 0.25) is 0 Å². The molecule has 8 heteroatoms. The Kier molecular flexibility index (Phi) is 6.75. The smallest absolute Gasteiger partial charge is 0.270 e. The van der Waals surface area contributed by atoms with Crippen molar-refractivity contribution in [2.45, 2.75) is 19.8 Å². The third-order valence-electron chi connectivity index (χ3n) is 4.51. The van der Waals surface area contributed by atoms with Gasteiger partial charge < -0.3 is 10.2 Å². The summed E-state index contributed by atoms with van der Waals surface area (Å²) in [7, 11) is 0.